The van der Waals surface area contributed by atoms with E-state index in [4.69, 9.17) is 0 Å². The molecule has 2 heterocycles. The van der Waals surface area contributed by atoms with Gasteiger partial charge in [-0.15, -0.1) is 0 Å². The average Bonchev–Trinajstić information content (AvgIpc) is 2.84. The predicted octanol–water partition coefficient (Wildman–Crippen LogP) is 4.09. The number of hydrogen-bond acceptors (Lipinski definition) is 4. The van der Waals surface area contributed by atoms with Gasteiger partial charge in [-0.05, 0) is 47.7 Å². The van der Waals surface area contributed by atoms with Crippen molar-refractivity contribution in [1.82, 2.24) is 10.3 Å². The number of nitrogens with zero attached hydrogens (tertiary/aromatic N) is 1. The summed E-state index contributed by atoms with van der Waals surface area (Å²) in [6, 6.07) is 7.91. The zero-order valence-corrected chi connectivity index (χ0v) is 12.7. The molecule has 2 amide bonds. The van der Waals surface area contributed by atoms with E-state index in [-0.39, 0.29) is 4.91 Å². The molecule has 1 N–H and O–H groups in total. The molecule has 8 heteroatoms. The molecule has 0 saturated carbocycles. The van der Waals surface area contributed by atoms with Gasteiger partial charge < -0.3 is 0 Å². The molecule has 4 nitrogen and oxygen atoms in total. The lowest BCUT2D eigenvalue weighted by atomic mass is 10.1. The number of thioether (sulfide) groups is 1. The summed E-state index contributed by atoms with van der Waals surface area (Å²) in [5.41, 5.74) is 0.866. The lowest BCUT2D eigenvalue weighted by Crippen LogP contribution is -2.17. The predicted molar refractivity (Wildman–Crippen MR) is 83.8 cm³/mol. The van der Waals surface area contributed by atoms with Crippen LogP contribution in [0.5, 0.6) is 0 Å². The first-order valence-electron chi connectivity index (χ1n) is 6.71. The van der Waals surface area contributed by atoms with Crippen LogP contribution in [0.3, 0.4) is 0 Å². The number of nitrogens with one attached hydrogen (secondary N) is 1. The van der Waals surface area contributed by atoms with E-state index in [0.717, 1.165) is 23.9 Å². The highest BCUT2D eigenvalue weighted by Gasteiger charge is 2.30. The largest absolute Gasteiger partial charge is 0.416 e. The number of benzene rings is 1. The third-order valence-electron chi connectivity index (χ3n) is 3.23. The molecule has 1 fully saturated rings. The first kappa shape index (κ1) is 16.3. The minimum absolute atomic E-state index is 0.254. The summed E-state index contributed by atoms with van der Waals surface area (Å²) >= 11 is 0.791. The number of hydrogen-bond donors (Lipinski definition) is 1. The van der Waals surface area contributed by atoms with E-state index < -0.39 is 22.9 Å². The average molecular weight is 350 g/mol. The molecule has 1 saturated heterocycles. The zero-order chi connectivity index (χ0) is 17.3. The monoisotopic (exact) mass is 350 g/mol. The molecule has 2 aromatic rings. The fourth-order valence-electron chi connectivity index (χ4n) is 2.10. The Kier molecular flexibility index (Phi) is 4.15. The Bertz CT molecular complexity index is 845. The van der Waals surface area contributed by atoms with E-state index in [2.05, 4.69) is 10.3 Å². The van der Waals surface area contributed by atoms with Gasteiger partial charge in [0.2, 0.25) is 0 Å². The highest BCUT2D eigenvalue weighted by molar-refractivity contribution is 8.18. The molecular formula is C16H9F3N2O2S. The van der Waals surface area contributed by atoms with E-state index in [9.17, 15) is 22.8 Å². The number of halogens is 3. The van der Waals surface area contributed by atoms with Crippen molar-refractivity contribution in [1.29, 1.82) is 0 Å². The van der Waals surface area contributed by atoms with Crippen LogP contribution in [-0.2, 0) is 11.0 Å². The molecule has 0 radical (unpaired) electrons. The summed E-state index contributed by atoms with van der Waals surface area (Å²) in [7, 11) is 0. The van der Waals surface area contributed by atoms with Crippen LogP contribution in [0, 0.1) is 0 Å². The van der Waals surface area contributed by atoms with Gasteiger partial charge in [0, 0.05) is 11.8 Å². The van der Waals surface area contributed by atoms with Gasteiger partial charge in [-0.1, -0.05) is 12.1 Å². The number of carbonyl (C=O) groups excluding carboxylic acids is 2. The number of aromatic nitrogens is 1. The Morgan fingerprint density at radius 3 is 2.38 bits per heavy atom. The molecule has 1 aromatic heterocycles. The minimum atomic E-state index is -4.39. The summed E-state index contributed by atoms with van der Waals surface area (Å²) in [6.45, 7) is 0. The quantitative estimate of drug-likeness (QED) is 0.829. The highest BCUT2D eigenvalue weighted by atomic mass is 32.2. The SMILES string of the molecule is O=C1NC(=O)C(=Cc2ccnc(-c3ccc(C(F)(F)F)cc3)c2)S1. The van der Waals surface area contributed by atoms with Crippen LogP contribution >= 0.6 is 11.8 Å². The Morgan fingerprint density at radius 1 is 1.08 bits per heavy atom. The van der Waals surface area contributed by atoms with Crippen LogP contribution in [0.2, 0.25) is 0 Å². The second-order valence-electron chi connectivity index (χ2n) is 4.90. The van der Waals surface area contributed by atoms with E-state index in [1.165, 1.54) is 24.4 Å². The van der Waals surface area contributed by atoms with E-state index in [1.807, 2.05) is 0 Å². The molecule has 0 unspecified atom stereocenters. The van der Waals surface area contributed by atoms with Crippen LogP contribution < -0.4 is 5.32 Å². The van der Waals surface area contributed by atoms with E-state index >= 15 is 0 Å². The molecule has 0 spiro atoms. The molecule has 3 rings (SSSR count). The summed E-state index contributed by atoms with van der Waals surface area (Å²) in [6.07, 6.45) is -1.38. The minimum Gasteiger partial charge on any atom is -0.282 e. The summed E-state index contributed by atoms with van der Waals surface area (Å²) < 4.78 is 37.8. The van der Waals surface area contributed by atoms with Crippen LogP contribution in [0.4, 0.5) is 18.0 Å². The molecule has 122 valence electrons. The van der Waals surface area contributed by atoms with Crippen molar-refractivity contribution in [2.24, 2.45) is 0 Å². The van der Waals surface area contributed by atoms with Gasteiger partial charge in [-0.25, -0.2) is 0 Å². The summed E-state index contributed by atoms with van der Waals surface area (Å²) in [5.74, 6) is -0.474. The molecule has 0 bridgehead atoms. The van der Waals surface area contributed by atoms with Crippen LogP contribution in [0.1, 0.15) is 11.1 Å². The second-order valence-corrected chi connectivity index (χ2v) is 5.92. The second kappa shape index (κ2) is 6.12. The number of pyridine rings is 1. The standard InChI is InChI=1S/C16H9F3N2O2S/c17-16(18,19)11-3-1-10(2-4-11)12-7-9(5-6-20-12)8-13-14(22)21-15(23)24-13/h1-8H,(H,21,22,23). The molecule has 24 heavy (non-hydrogen) atoms. The van der Waals surface area contributed by atoms with Gasteiger partial charge >= 0.3 is 6.18 Å². The van der Waals surface area contributed by atoms with Crippen molar-refractivity contribution >= 4 is 29.0 Å². The Balaban J connectivity index is 1.90. The zero-order valence-electron chi connectivity index (χ0n) is 11.9. The van der Waals surface area contributed by atoms with E-state index in [0.29, 0.717) is 16.8 Å². The Labute approximate surface area is 138 Å². The summed E-state index contributed by atoms with van der Waals surface area (Å²) in [5, 5.41) is 1.71. The topological polar surface area (TPSA) is 59.1 Å². The van der Waals surface area contributed by atoms with Crippen LogP contribution in [-0.4, -0.2) is 16.1 Å². The molecule has 0 atom stereocenters. The van der Waals surface area contributed by atoms with Gasteiger partial charge in [0.1, 0.15) is 0 Å². The number of imide groups is 1. The third kappa shape index (κ3) is 3.48. The number of amides is 2. The smallest absolute Gasteiger partial charge is 0.282 e. The Hall–Kier alpha value is -2.61. The maximum Gasteiger partial charge on any atom is 0.416 e. The first-order chi connectivity index (χ1) is 11.3. The van der Waals surface area contributed by atoms with Crippen LogP contribution in [0.25, 0.3) is 17.3 Å². The fourth-order valence-corrected chi connectivity index (χ4v) is 2.78. The lowest BCUT2D eigenvalue weighted by molar-refractivity contribution is -0.137. The number of rotatable bonds is 2. The van der Waals surface area contributed by atoms with Gasteiger partial charge in [-0.3, -0.25) is 19.9 Å². The number of alkyl halides is 3. The fraction of sp³-hybridized carbons (Fsp3) is 0.0625. The first-order valence-corrected chi connectivity index (χ1v) is 7.53. The van der Waals surface area contributed by atoms with Gasteiger partial charge in [0.05, 0.1) is 16.2 Å². The highest BCUT2D eigenvalue weighted by Crippen LogP contribution is 2.31. The van der Waals surface area contributed by atoms with Crippen molar-refractivity contribution in [3.8, 4) is 11.3 Å². The van der Waals surface area contributed by atoms with Crippen molar-refractivity contribution in [3.63, 3.8) is 0 Å². The van der Waals surface area contributed by atoms with Crippen molar-refractivity contribution < 1.29 is 22.8 Å². The lowest BCUT2D eigenvalue weighted by Gasteiger charge is -2.07. The Morgan fingerprint density at radius 2 is 1.79 bits per heavy atom. The van der Waals surface area contributed by atoms with E-state index in [1.54, 1.807) is 12.1 Å². The number of carbonyl (C=O) groups is 2. The van der Waals surface area contributed by atoms with Crippen molar-refractivity contribution in [2.45, 2.75) is 6.18 Å². The van der Waals surface area contributed by atoms with Crippen molar-refractivity contribution in [2.75, 3.05) is 0 Å². The molecule has 0 aliphatic carbocycles. The normalized spacial score (nSPS) is 16.5. The van der Waals surface area contributed by atoms with Crippen molar-refractivity contribution in [3.05, 3.63) is 58.6 Å². The maximum atomic E-state index is 12.6. The maximum absolute atomic E-state index is 12.6. The molecule has 1 aliphatic rings. The molecule has 1 aliphatic heterocycles. The van der Waals surface area contributed by atoms with Crippen LogP contribution in [0.15, 0.2) is 47.5 Å². The summed E-state index contributed by atoms with van der Waals surface area (Å²) in [4.78, 5) is 27.1. The molecule has 1 aromatic carbocycles. The molecular weight excluding hydrogens is 341 g/mol. The van der Waals surface area contributed by atoms with Gasteiger partial charge in [0.15, 0.2) is 0 Å². The third-order valence-corrected chi connectivity index (χ3v) is 4.04. The van der Waals surface area contributed by atoms with Gasteiger partial charge in [-0.2, -0.15) is 13.2 Å². The van der Waals surface area contributed by atoms with Gasteiger partial charge in [0.25, 0.3) is 11.1 Å².